The first kappa shape index (κ1) is 16.6. The number of carbonyl (C=O) groups is 1. The third-order valence-corrected chi connectivity index (χ3v) is 5.49. The smallest absolute Gasteiger partial charge is 0.258 e. The third kappa shape index (κ3) is 3.31. The number of fused-ring (bicyclic) bond motifs is 1. The molecule has 25 heavy (non-hydrogen) atoms. The fraction of sp³-hybridized carbons (Fsp3) is 0.350. The predicted octanol–water partition coefficient (Wildman–Crippen LogP) is 3.90. The summed E-state index contributed by atoms with van der Waals surface area (Å²) in [5.74, 6) is 0.604. The molecule has 0 bridgehead atoms. The lowest BCUT2D eigenvalue weighted by Crippen LogP contribution is -2.27. The first-order valence-electron chi connectivity index (χ1n) is 8.62. The van der Waals surface area contributed by atoms with Gasteiger partial charge in [-0.3, -0.25) is 4.79 Å². The molecule has 1 aliphatic heterocycles. The molecule has 2 atom stereocenters. The molecule has 1 fully saturated rings. The van der Waals surface area contributed by atoms with Gasteiger partial charge in [0, 0.05) is 17.6 Å². The number of halogens is 1. The van der Waals surface area contributed by atoms with E-state index in [2.05, 4.69) is 15.9 Å². The number of hydrogen-bond donors (Lipinski definition) is 1. The molecule has 2 aromatic carbocycles. The summed E-state index contributed by atoms with van der Waals surface area (Å²) in [4.78, 5) is 14.8. The highest BCUT2D eigenvalue weighted by molar-refractivity contribution is 9.10. The third-order valence-electron chi connectivity index (χ3n) is 4.96. The SMILES string of the molecule is O=C1c2c(cccc2OC2CCCC2O)CN1Cc1ccc(Br)cc1. The first-order chi connectivity index (χ1) is 12.1. The largest absolute Gasteiger partial charge is 0.487 e. The Morgan fingerprint density at radius 2 is 1.96 bits per heavy atom. The van der Waals surface area contributed by atoms with Crippen molar-refractivity contribution in [2.45, 2.75) is 44.6 Å². The Morgan fingerprint density at radius 1 is 1.16 bits per heavy atom. The molecule has 0 aromatic heterocycles. The van der Waals surface area contributed by atoms with E-state index in [9.17, 15) is 9.90 Å². The van der Waals surface area contributed by atoms with Crippen LogP contribution in [-0.4, -0.2) is 28.1 Å². The van der Waals surface area contributed by atoms with E-state index < -0.39 is 6.10 Å². The topological polar surface area (TPSA) is 49.8 Å². The van der Waals surface area contributed by atoms with Crippen molar-refractivity contribution in [3.05, 3.63) is 63.6 Å². The van der Waals surface area contributed by atoms with Crippen LogP contribution in [0.1, 0.15) is 40.7 Å². The van der Waals surface area contributed by atoms with Gasteiger partial charge in [-0.25, -0.2) is 0 Å². The van der Waals surface area contributed by atoms with Crippen molar-refractivity contribution in [1.82, 2.24) is 4.90 Å². The van der Waals surface area contributed by atoms with Crippen LogP contribution in [-0.2, 0) is 13.1 Å². The van der Waals surface area contributed by atoms with Crippen LogP contribution < -0.4 is 4.74 Å². The molecule has 2 aliphatic rings. The average molecular weight is 402 g/mol. The van der Waals surface area contributed by atoms with Crippen LogP contribution >= 0.6 is 15.9 Å². The summed E-state index contributed by atoms with van der Waals surface area (Å²) >= 11 is 3.43. The quantitative estimate of drug-likeness (QED) is 0.844. The Balaban J connectivity index is 1.54. The van der Waals surface area contributed by atoms with E-state index in [1.165, 1.54) is 0 Å². The summed E-state index contributed by atoms with van der Waals surface area (Å²) in [6.45, 7) is 1.17. The number of amides is 1. The van der Waals surface area contributed by atoms with Gasteiger partial charge in [0.2, 0.25) is 0 Å². The van der Waals surface area contributed by atoms with E-state index in [1.54, 1.807) is 0 Å². The number of ether oxygens (including phenoxy) is 1. The second-order valence-corrected chi connectivity index (χ2v) is 7.65. The number of rotatable bonds is 4. The minimum Gasteiger partial charge on any atom is -0.487 e. The number of hydrogen-bond acceptors (Lipinski definition) is 3. The molecule has 1 amide bonds. The molecule has 2 unspecified atom stereocenters. The van der Waals surface area contributed by atoms with Gasteiger partial charge in [-0.05, 0) is 48.6 Å². The predicted molar refractivity (Wildman–Crippen MR) is 98.4 cm³/mol. The van der Waals surface area contributed by atoms with Crippen LogP contribution in [0.25, 0.3) is 0 Å². The minimum absolute atomic E-state index is 0.000931. The van der Waals surface area contributed by atoms with Crippen molar-refractivity contribution in [3.63, 3.8) is 0 Å². The standard InChI is InChI=1S/C20H20BrNO3/c21-15-9-7-13(8-10-15)11-22-12-14-3-1-6-18(19(14)20(22)24)25-17-5-2-4-16(17)23/h1,3,6-10,16-17,23H,2,4-5,11-12H2. The molecule has 1 N–H and O–H groups in total. The molecule has 4 nitrogen and oxygen atoms in total. The first-order valence-corrected chi connectivity index (χ1v) is 9.41. The van der Waals surface area contributed by atoms with Crippen molar-refractivity contribution in [1.29, 1.82) is 0 Å². The summed E-state index contributed by atoms with van der Waals surface area (Å²) in [6.07, 6.45) is 1.92. The Morgan fingerprint density at radius 3 is 2.68 bits per heavy atom. The Hall–Kier alpha value is -1.85. The van der Waals surface area contributed by atoms with Crippen molar-refractivity contribution in [2.24, 2.45) is 0 Å². The van der Waals surface area contributed by atoms with Crippen LogP contribution in [0.5, 0.6) is 5.75 Å². The highest BCUT2D eigenvalue weighted by Crippen LogP contribution is 2.34. The van der Waals surface area contributed by atoms with Gasteiger partial charge in [-0.2, -0.15) is 0 Å². The van der Waals surface area contributed by atoms with Crippen molar-refractivity contribution in [3.8, 4) is 5.75 Å². The molecule has 4 rings (SSSR count). The van der Waals surface area contributed by atoms with Crippen LogP contribution in [0, 0.1) is 0 Å². The van der Waals surface area contributed by atoms with Crippen LogP contribution in [0.15, 0.2) is 46.9 Å². The van der Waals surface area contributed by atoms with Crippen molar-refractivity contribution < 1.29 is 14.6 Å². The van der Waals surface area contributed by atoms with E-state index in [4.69, 9.17) is 4.74 Å². The second kappa shape index (κ2) is 6.81. The Labute approximate surface area is 155 Å². The van der Waals surface area contributed by atoms with Gasteiger partial charge in [0.1, 0.15) is 11.9 Å². The highest BCUT2D eigenvalue weighted by atomic mass is 79.9. The molecule has 1 heterocycles. The normalized spacial score (nSPS) is 22.3. The van der Waals surface area contributed by atoms with Crippen molar-refractivity contribution >= 4 is 21.8 Å². The monoisotopic (exact) mass is 401 g/mol. The number of carbonyl (C=O) groups excluding carboxylic acids is 1. The summed E-state index contributed by atoms with van der Waals surface area (Å²) < 4.78 is 7.04. The molecule has 1 saturated carbocycles. The van der Waals surface area contributed by atoms with Gasteiger partial charge in [0.05, 0.1) is 11.7 Å². The van der Waals surface area contributed by atoms with E-state index in [0.717, 1.165) is 34.9 Å². The molecule has 0 saturated heterocycles. The molecular formula is C20H20BrNO3. The zero-order chi connectivity index (χ0) is 17.4. The summed E-state index contributed by atoms with van der Waals surface area (Å²) in [5.41, 5.74) is 2.74. The molecule has 130 valence electrons. The average Bonchev–Trinajstić information content (AvgIpc) is 3.14. The van der Waals surface area contributed by atoms with Crippen LogP contribution in [0.4, 0.5) is 0 Å². The Bertz CT molecular complexity index is 790. The number of benzene rings is 2. The van der Waals surface area contributed by atoms with Gasteiger partial charge in [0.15, 0.2) is 0 Å². The zero-order valence-corrected chi connectivity index (χ0v) is 15.4. The number of aliphatic hydroxyl groups is 1. The summed E-state index contributed by atoms with van der Waals surface area (Å²) in [6, 6.07) is 13.8. The molecule has 1 aliphatic carbocycles. The van der Waals surface area contributed by atoms with Gasteiger partial charge >= 0.3 is 0 Å². The van der Waals surface area contributed by atoms with E-state index in [0.29, 0.717) is 24.4 Å². The van der Waals surface area contributed by atoms with E-state index in [-0.39, 0.29) is 12.0 Å². The number of nitrogens with zero attached hydrogens (tertiary/aromatic N) is 1. The lowest BCUT2D eigenvalue weighted by atomic mass is 10.1. The fourth-order valence-electron chi connectivity index (χ4n) is 3.63. The number of aliphatic hydroxyl groups excluding tert-OH is 1. The summed E-state index contributed by atoms with van der Waals surface area (Å²) in [5, 5.41) is 10.0. The Kier molecular flexibility index (Phi) is 4.52. The zero-order valence-electron chi connectivity index (χ0n) is 13.8. The maximum Gasteiger partial charge on any atom is 0.258 e. The van der Waals surface area contributed by atoms with Crippen LogP contribution in [0.3, 0.4) is 0 Å². The highest BCUT2D eigenvalue weighted by Gasteiger charge is 2.33. The van der Waals surface area contributed by atoms with Gasteiger partial charge < -0.3 is 14.7 Å². The van der Waals surface area contributed by atoms with Gasteiger partial charge in [-0.15, -0.1) is 0 Å². The van der Waals surface area contributed by atoms with Gasteiger partial charge in [-0.1, -0.05) is 40.2 Å². The molecule has 2 aromatic rings. The molecule has 0 radical (unpaired) electrons. The molecule has 0 spiro atoms. The second-order valence-electron chi connectivity index (χ2n) is 6.73. The fourth-order valence-corrected chi connectivity index (χ4v) is 3.89. The maximum atomic E-state index is 12.9. The van der Waals surface area contributed by atoms with E-state index in [1.807, 2.05) is 47.4 Å². The van der Waals surface area contributed by atoms with Crippen LogP contribution in [0.2, 0.25) is 0 Å². The molecular weight excluding hydrogens is 382 g/mol. The lowest BCUT2D eigenvalue weighted by Gasteiger charge is -2.19. The maximum absolute atomic E-state index is 12.9. The lowest BCUT2D eigenvalue weighted by molar-refractivity contribution is 0.0582. The van der Waals surface area contributed by atoms with Crippen molar-refractivity contribution in [2.75, 3.05) is 0 Å². The van der Waals surface area contributed by atoms with Gasteiger partial charge in [0.25, 0.3) is 5.91 Å². The summed E-state index contributed by atoms with van der Waals surface area (Å²) in [7, 11) is 0. The van der Waals surface area contributed by atoms with E-state index >= 15 is 0 Å². The molecule has 5 heteroatoms. The minimum atomic E-state index is -0.439.